The van der Waals surface area contributed by atoms with Gasteiger partial charge in [0.15, 0.2) is 0 Å². The van der Waals surface area contributed by atoms with E-state index in [-0.39, 0.29) is 11.9 Å². The second kappa shape index (κ2) is 4.09. The number of esters is 1. The molecule has 1 saturated heterocycles. The van der Waals surface area contributed by atoms with Crippen LogP contribution in [0, 0.1) is 5.92 Å². The van der Waals surface area contributed by atoms with Gasteiger partial charge in [0, 0.05) is 0 Å². The first-order valence-electron chi connectivity index (χ1n) is 5.02. The Balaban J connectivity index is 2.56. The van der Waals surface area contributed by atoms with E-state index in [1.54, 1.807) is 0 Å². The molecule has 0 aromatic rings. The molecule has 0 spiro atoms. The van der Waals surface area contributed by atoms with E-state index in [1.165, 1.54) is 13.7 Å². The summed E-state index contributed by atoms with van der Waals surface area (Å²) in [4.78, 5) is 11.3. The molecular formula is C10H20NO2+. The van der Waals surface area contributed by atoms with Crippen molar-refractivity contribution in [1.82, 2.24) is 0 Å². The van der Waals surface area contributed by atoms with Crippen LogP contribution in [-0.2, 0) is 9.53 Å². The summed E-state index contributed by atoms with van der Waals surface area (Å²) in [7, 11) is 3.70. The Morgan fingerprint density at radius 2 is 2.31 bits per heavy atom. The summed E-state index contributed by atoms with van der Waals surface area (Å²) in [5, 5.41) is 0. The fraction of sp³-hybridized carbons (Fsp3) is 0.900. The molecule has 0 saturated carbocycles. The summed E-state index contributed by atoms with van der Waals surface area (Å²) in [6, 6.07) is 0. The van der Waals surface area contributed by atoms with E-state index in [4.69, 9.17) is 4.74 Å². The number of ether oxygens (including phenoxy) is 1. The van der Waals surface area contributed by atoms with Gasteiger partial charge in [0.05, 0.1) is 33.8 Å². The highest BCUT2D eigenvalue weighted by Crippen LogP contribution is 2.22. The Morgan fingerprint density at radius 1 is 1.62 bits per heavy atom. The number of nitrogens with zero attached hydrogens (tertiary/aromatic N) is 1. The molecule has 13 heavy (non-hydrogen) atoms. The van der Waals surface area contributed by atoms with Crippen molar-refractivity contribution in [3.05, 3.63) is 0 Å². The van der Waals surface area contributed by atoms with E-state index >= 15 is 0 Å². The van der Waals surface area contributed by atoms with Crippen LogP contribution in [-0.4, -0.2) is 44.2 Å². The largest absolute Gasteiger partial charge is 0.469 e. The van der Waals surface area contributed by atoms with Gasteiger partial charge in [0.2, 0.25) is 0 Å². The van der Waals surface area contributed by atoms with Gasteiger partial charge in [-0.25, -0.2) is 0 Å². The minimum Gasteiger partial charge on any atom is -0.469 e. The van der Waals surface area contributed by atoms with Crippen LogP contribution in [0.15, 0.2) is 0 Å². The summed E-state index contributed by atoms with van der Waals surface area (Å²) in [6.07, 6.45) is 2.14. The normalized spacial score (nSPS) is 34.2. The maximum Gasteiger partial charge on any atom is 0.314 e. The predicted octanol–water partition coefficient (Wildman–Crippen LogP) is 1.04. The van der Waals surface area contributed by atoms with Crippen LogP contribution in [0.3, 0.4) is 0 Å². The predicted molar refractivity (Wildman–Crippen MR) is 51.2 cm³/mol. The zero-order chi connectivity index (χ0) is 9.90. The molecule has 0 bridgehead atoms. The first-order chi connectivity index (χ1) is 6.11. The third-order valence-electron chi connectivity index (χ3n) is 3.21. The van der Waals surface area contributed by atoms with Crippen LogP contribution in [0.1, 0.15) is 19.8 Å². The smallest absolute Gasteiger partial charge is 0.314 e. The molecule has 0 radical (unpaired) electrons. The molecule has 1 fully saturated rings. The maximum atomic E-state index is 11.3. The SMILES string of the molecule is CC[N+]1(C)CCCC(C(=O)OC)C1. The number of hydrogen-bond acceptors (Lipinski definition) is 2. The molecule has 1 rings (SSSR count). The monoisotopic (exact) mass is 186 g/mol. The molecular weight excluding hydrogens is 166 g/mol. The molecule has 0 aromatic heterocycles. The molecule has 2 atom stereocenters. The summed E-state index contributed by atoms with van der Waals surface area (Å²) < 4.78 is 5.79. The van der Waals surface area contributed by atoms with Crippen molar-refractivity contribution in [2.24, 2.45) is 5.92 Å². The van der Waals surface area contributed by atoms with Crippen LogP contribution in [0.25, 0.3) is 0 Å². The Bertz CT molecular complexity index is 193. The lowest BCUT2D eigenvalue weighted by atomic mass is 9.96. The second-order valence-corrected chi connectivity index (χ2v) is 4.20. The van der Waals surface area contributed by atoms with Crippen molar-refractivity contribution < 1.29 is 14.0 Å². The van der Waals surface area contributed by atoms with Crippen LogP contribution in [0.4, 0.5) is 0 Å². The average molecular weight is 186 g/mol. The quantitative estimate of drug-likeness (QED) is 0.476. The third-order valence-corrected chi connectivity index (χ3v) is 3.21. The van der Waals surface area contributed by atoms with Gasteiger partial charge in [-0.1, -0.05) is 0 Å². The highest BCUT2D eigenvalue weighted by Gasteiger charge is 2.34. The fourth-order valence-electron chi connectivity index (χ4n) is 2.08. The Labute approximate surface area is 80.3 Å². The lowest BCUT2D eigenvalue weighted by Gasteiger charge is -2.39. The van der Waals surface area contributed by atoms with Gasteiger partial charge in [-0.3, -0.25) is 4.79 Å². The van der Waals surface area contributed by atoms with Crippen molar-refractivity contribution in [1.29, 1.82) is 0 Å². The topological polar surface area (TPSA) is 26.3 Å². The summed E-state index contributed by atoms with van der Waals surface area (Å²) in [6.45, 7) is 5.43. The lowest BCUT2D eigenvalue weighted by molar-refractivity contribution is -0.914. The molecule has 2 unspecified atom stereocenters. The number of piperidine rings is 1. The van der Waals surface area contributed by atoms with Gasteiger partial charge < -0.3 is 9.22 Å². The van der Waals surface area contributed by atoms with E-state index in [1.807, 2.05) is 0 Å². The number of rotatable bonds is 2. The highest BCUT2D eigenvalue weighted by atomic mass is 16.5. The first kappa shape index (κ1) is 10.5. The zero-order valence-electron chi connectivity index (χ0n) is 8.88. The van der Waals surface area contributed by atoms with E-state index in [9.17, 15) is 4.79 Å². The molecule has 1 aliphatic rings. The summed E-state index contributed by atoms with van der Waals surface area (Å²) in [5.74, 6) is 0.0983. The summed E-state index contributed by atoms with van der Waals surface area (Å²) in [5.41, 5.74) is 0. The van der Waals surface area contributed by atoms with Crippen molar-refractivity contribution in [2.45, 2.75) is 19.8 Å². The van der Waals surface area contributed by atoms with Crippen LogP contribution >= 0.6 is 0 Å². The van der Waals surface area contributed by atoms with E-state index in [0.29, 0.717) is 0 Å². The van der Waals surface area contributed by atoms with Gasteiger partial charge in [-0.05, 0) is 19.8 Å². The van der Waals surface area contributed by atoms with Crippen molar-refractivity contribution >= 4 is 5.97 Å². The van der Waals surface area contributed by atoms with Gasteiger partial charge in [0.1, 0.15) is 5.92 Å². The Morgan fingerprint density at radius 3 is 2.85 bits per heavy atom. The van der Waals surface area contributed by atoms with Crippen LogP contribution in [0.5, 0.6) is 0 Å². The first-order valence-corrected chi connectivity index (χ1v) is 5.02. The number of methoxy groups -OCH3 is 1. The number of quaternary nitrogens is 1. The number of hydrogen-bond donors (Lipinski definition) is 0. The number of likely N-dealkylation sites (tertiary alicyclic amines) is 1. The highest BCUT2D eigenvalue weighted by molar-refractivity contribution is 5.72. The summed E-state index contributed by atoms with van der Waals surface area (Å²) >= 11 is 0. The van der Waals surface area contributed by atoms with Gasteiger partial charge >= 0.3 is 5.97 Å². The van der Waals surface area contributed by atoms with Crippen molar-refractivity contribution in [3.8, 4) is 0 Å². The fourth-order valence-corrected chi connectivity index (χ4v) is 2.08. The molecule has 0 N–H and O–H groups in total. The van der Waals surface area contributed by atoms with Gasteiger partial charge in [-0.15, -0.1) is 0 Å². The lowest BCUT2D eigenvalue weighted by Crippen LogP contribution is -2.52. The third kappa shape index (κ3) is 2.44. The van der Waals surface area contributed by atoms with Gasteiger partial charge in [0.25, 0.3) is 0 Å². The Hall–Kier alpha value is -0.570. The van der Waals surface area contributed by atoms with Crippen LogP contribution in [0.2, 0.25) is 0 Å². The molecule has 0 amide bonds. The molecule has 3 nitrogen and oxygen atoms in total. The van der Waals surface area contributed by atoms with E-state index < -0.39 is 0 Å². The van der Waals surface area contributed by atoms with Gasteiger partial charge in [-0.2, -0.15) is 0 Å². The van der Waals surface area contributed by atoms with Crippen molar-refractivity contribution in [2.75, 3.05) is 33.8 Å². The molecule has 76 valence electrons. The van der Waals surface area contributed by atoms with Crippen molar-refractivity contribution in [3.63, 3.8) is 0 Å². The molecule has 3 heteroatoms. The standard InChI is InChI=1S/C10H20NO2/c1-4-11(2)7-5-6-9(8-11)10(12)13-3/h9H,4-8H2,1-3H3/q+1. The van der Waals surface area contributed by atoms with E-state index in [2.05, 4.69) is 14.0 Å². The minimum atomic E-state index is -0.0301. The minimum absolute atomic E-state index is 0.0301. The average Bonchev–Trinajstić information content (AvgIpc) is 2.17. The van der Waals surface area contributed by atoms with Crippen LogP contribution < -0.4 is 0 Å². The maximum absolute atomic E-state index is 11.3. The second-order valence-electron chi connectivity index (χ2n) is 4.20. The molecule has 1 aliphatic heterocycles. The van der Waals surface area contributed by atoms with E-state index in [0.717, 1.165) is 30.4 Å². The Kier molecular flexibility index (Phi) is 3.31. The number of carbonyl (C=O) groups is 1. The number of carbonyl (C=O) groups excluding carboxylic acids is 1. The molecule has 0 aliphatic carbocycles. The molecule has 0 aromatic carbocycles. The zero-order valence-corrected chi connectivity index (χ0v) is 8.88. The molecule has 1 heterocycles.